The molecule has 0 amide bonds. The number of nitrogens with zero attached hydrogens (tertiary/aromatic N) is 1. The summed E-state index contributed by atoms with van der Waals surface area (Å²) in [7, 11) is 0. The van der Waals surface area contributed by atoms with Crippen molar-refractivity contribution in [3.8, 4) is 0 Å². The first-order chi connectivity index (χ1) is 10.7. The van der Waals surface area contributed by atoms with Gasteiger partial charge in [0.15, 0.2) is 0 Å². The number of pyridine rings is 1. The van der Waals surface area contributed by atoms with Crippen LogP contribution in [0.15, 0.2) is 47.1 Å². The molecule has 0 aliphatic heterocycles. The zero-order valence-electron chi connectivity index (χ0n) is 11.9. The number of alkyl halides is 3. The normalized spacial score (nSPS) is 16.2. The predicted octanol–water partition coefficient (Wildman–Crippen LogP) is 4.31. The first-order valence-electron chi connectivity index (χ1n) is 6.94. The Labute approximate surface area is 138 Å². The number of nitrogens with one attached hydrogen (secondary N) is 2. The van der Waals surface area contributed by atoms with Crippen molar-refractivity contribution in [1.29, 1.82) is 10.8 Å². The molecular formula is C16H13BrF3N3. The van der Waals surface area contributed by atoms with Crippen LogP contribution in [0.2, 0.25) is 0 Å². The van der Waals surface area contributed by atoms with Crippen molar-refractivity contribution in [2.45, 2.75) is 24.4 Å². The van der Waals surface area contributed by atoms with Gasteiger partial charge in [-0.1, -0.05) is 18.2 Å². The first-order valence-corrected chi connectivity index (χ1v) is 7.73. The van der Waals surface area contributed by atoms with Gasteiger partial charge in [0, 0.05) is 10.7 Å². The molecule has 0 radical (unpaired) electrons. The number of hydrogen-bond acceptors (Lipinski definition) is 2. The highest BCUT2D eigenvalue weighted by molar-refractivity contribution is 9.10. The number of hydrogen-bond donors (Lipinski definition) is 2. The minimum absolute atomic E-state index is 0.122. The fraction of sp³-hybridized carbons (Fsp3) is 0.250. The quantitative estimate of drug-likeness (QED) is 0.573. The highest BCUT2D eigenvalue weighted by atomic mass is 79.9. The summed E-state index contributed by atoms with van der Waals surface area (Å²) in [6, 6.07) is 8.38. The molecule has 0 saturated heterocycles. The van der Waals surface area contributed by atoms with Gasteiger partial charge in [0.1, 0.15) is 11.3 Å². The maximum Gasteiger partial charge on any atom is 0.416 e. The molecule has 1 saturated carbocycles. The van der Waals surface area contributed by atoms with E-state index < -0.39 is 17.2 Å². The van der Waals surface area contributed by atoms with Crippen molar-refractivity contribution >= 4 is 21.8 Å². The molecule has 1 aliphatic carbocycles. The predicted molar refractivity (Wildman–Crippen MR) is 83.5 cm³/mol. The summed E-state index contributed by atoms with van der Waals surface area (Å²) in [5.41, 5.74) is -0.859. The molecule has 0 atom stereocenters. The Hall–Kier alpha value is -1.89. The minimum Gasteiger partial charge on any atom is -0.289 e. The Kier molecular flexibility index (Phi) is 3.71. The van der Waals surface area contributed by atoms with E-state index in [2.05, 4.69) is 15.9 Å². The SMILES string of the molecule is N=C(n1cc(Br)ccc1=N)C1(c2cccc(C(F)(F)F)c2)CC1. The average molecular weight is 384 g/mol. The van der Waals surface area contributed by atoms with Gasteiger partial charge in [-0.2, -0.15) is 13.2 Å². The molecule has 0 unspecified atom stereocenters. The van der Waals surface area contributed by atoms with E-state index in [1.165, 1.54) is 10.6 Å². The Morgan fingerprint density at radius 1 is 1.17 bits per heavy atom. The Morgan fingerprint density at radius 2 is 1.87 bits per heavy atom. The Balaban J connectivity index is 2.04. The summed E-state index contributed by atoms with van der Waals surface area (Å²) < 4.78 is 40.9. The maximum absolute atomic E-state index is 12.9. The summed E-state index contributed by atoms with van der Waals surface area (Å²) in [4.78, 5) is 0. The van der Waals surface area contributed by atoms with Crippen LogP contribution in [0, 0.1) is 10.8 Å². The maximum atomic E-state index is 12.9. The van der Waals surface area contributed by atoms with Crippen LogP contribution in [0.5, 0.6) is 0 Å². The summed E-state index contributed by atoms with van der Waals surface area (Å²) >= 11 is 3.30. The smallest absolute Gasteiger partial charge is 0.289 e. The van der Waals surface area contributed by atoms with Crippen LogP contribution in [0.25, 0.3) is 0 Å². The van der Waals surface area contributed by atoms with Crippen LogP contribution in [-0.4, -0.2) is 10.4 Å². The van der Waals surface area contributed by atoms with Gasteiger partial charge >= 0.3 is 6.18 Å². The van der Waals surface area contributed by atoms with Crippen molar-refractivity contribution in [2.24, 2.45) is 0 Å². The molecule has 0 bridgehead atoms. The molecule has 120 valence electrons. The second kappa shape index (κ2) is 5.33. The van der Waals surface area contributed by atoms with Gasteiger partial charge in [-0.15, -0.1) is 0 Å². The van der Waals surface area contributed by atoms with Crippen molar-refractivity contribution in [1.82, 2.24) is 4.57 Å². The van der Waals surface area contributed by atoms with Crippen LogP contribution in [0.1, 0.15) is 24.0 Å². The van der Waals surface area contributed by atoms with Gasteiger partial charge in [0.25, 0.3) is 0 Å². The van der Waals surface area contributed by atoms with E-state index in [1.54, 1.807) is 24.4 Å². The van der Waals surface area contributed by atoms with Crippen LogP contribution in [-0.2, 0) is 11.6 Å². The fourth-order valence-corrected chi connectivity index (χ4v) is 3.01. The molecule has 1 aromatic carbocycles. The highest BCUT2D eigenvalue weighted by Crippen LogP contribution is 2.50. The molecule has 1 aromatic heterocycles. The number of aromatic nitrogens is 1. The molecule has 2 aromatic rings. The van der Waals surface area contributed by atoms with Gasteiger partial charge < -0.3 is 0 Å². The van der Waals surface area contributed by atoms with E-state index in [0.717, 1.165) is 12.1 Å². The third kappa shape index (κ3) is 2.85. The van der Waals surface area contributed by atoms with Gasteiger partial charge in [-0.3, -0.25) is 15.4 Å². The average Bonchev–Trinajstić information content (AvgIpc) is 3.30. The topological polar surface area (TPSA) is 52.6 Å². The molecule has 2 N–H and O–H groups in total. The van der Waals surface area contributed by atoms with Crippen LogP contribution >= 0.6 is 15.9 Å². The van der Waals surface area contributed by atoms with Crippen LogP contribution in [0.3, 0.4) is 0 Å². The van der Waals surface area contributed by atoms with E-state index in [9.17, 15) is 13.2 Å². The van der Waals surface area contributed by atoms with Crippen molar-refractivity contribution in [3.05, 3.63) is 63.7 Å². The lowest BCUT2D eigenvalue weighted by atomic mass is 9.92. The molecule has 1 fully saturated rings. The van der Waals surface area contributed by atoms with Crippen molar-refractivity contribution in [2.75, 3.05) is 0 Å². The molecule has 3 rings (SSSR count). The van der Waals surface area contributed by atoms with E-state index >= 15 is 0 Å². The third-order valence-electron chi connectivity index (χ3n) is 4.10. The largest absolute Gasteiger partial charge is 0.416 e. The lowest BCUT2D eigenvalue weighted by Crippen LogP contribution is -2.34. The van der Waals surface area contributed by atoms with Crippen LogP contribution < -0.4 is 5.49 Å². The molecular weight excluding hydrogens is 371 g/mol. The number of rotatable bonds is 2. The van der Waals surface area contributed by atoms with Gasteiger partial charge in [-0.25, -0.2) is 0 Å². The number of benzene rings is 1. The van der Waals surface area contributed by atoms with Crippen LogP contribution in [0.4, 0.5) is 13.2 Å². The van der Waals surface area contributed by atoms with E-state index in [-0.39, 0.29) is 11.3 Å². The van der Waals surface area contributed by atoms with Gasteiger partial charge in [0.2, 0.25) is 0 Å². The van der Waals surface area contributed by atoms with E-state index in [4.69, 9.17) is 10.8 Å². The van der Waals surface area contributed by atoms with Gasteiger partial charge in [0.05, 0.1) is 11.0 Å². The molecule has 0 spiro atoms. The van der Waals surface area contributed by atoms with Crippen molar-refractivity contribution < 1.29 is 13.2 Å². The molecule has 7 heteroatoms. The molecule has 1 heterocycles. The lowest BCUT2D eigenvalue weighted by molar-refractivity contribution is -0.137. The van der Waals surface area contributed by atoms with Gasteiger partial charge in [-0.05, 0) is 52.5 Å². The zero-order valence-corrected chi connectivity index (χ0v) is 13.5. The summed E-state index contributed by atoms with van der Waals surface area (Å²) in [6.07, 6.45) is -1.60. The minimum atomic E-state index is -4.40. The fourth-order valence-electron chi connectivity index (χ4n) is 2.67. The zero-order chi connectivity index (χ0) is 16.8. The molecule has 23 heavy (non-hydrogen) atoms. The second-order valence-electron chi connectivity index (χ2n) is 5.61. The highest BCUT2D eigenvalue weighted by Gasteiger charge is 2.50. The Morgan fingerprint density at radius 3 is 2.48 bits per heavy atom. The van der Waals surface area contributed by atoms with E-state index in [1.807, 2.05) is 0 Å². The summed E-state index contributed by atoms with van der Waals surface area (Å²) in [5, 5.41) is 16.4. The number of halogens is 4. The van der Waals surface area contributed by atoms with Crippen molar-refractivity contribution in [3.63, 3.8) is 0 Å². The van der Waals surface area contributed by atoms with E-state index in [0.29, 0.717) is 22.9 Å². The monoisotopic (exact) mass is 383 g/mol. The summed E-state index contributed by atoms with van der Waals surface area (Å²) in [6.45, 7) is 0. The third-order valence-corrected chi connectivity index (χ3v) is 4.57. The standard InChI is InChI=1S/C16H13BrF3N3/c17-12-4-5-13(21)23(9-12)14(22)15(6-7-15)10-2-1-3-11(8-10)16(18,19)20/h1-5,8-9,21-22H,6-7H2. The molecule has 3 nitrogen and oxygen atoms in total. The summed E-state index contributed by atoms with van der Waals surface area (Å²) in [5.74, 6) is 0.128. The Bertz CT molecular complexity index is 835. The molecule has 1 aliphatic rings. The lowest BCUT2D eigenvalue weighted by Gasteiger charge is -2.21. The second-order valence-corrected chi connectivity index (χ2v) is 6.53. The first kappa shape index (κ1) is 16.0.